The molecule has 0 fully saturated rings. The Labute approximate surface area is 112 Å². The van der Waals surface area contributed by atoms with Gasteiger partial charge in [-0.15, -0.1) is 0 Å². The second kappa shape index (κ2) is 7.24. The second-order valence-corrected chi connectivity index (χ2v) is 4.75. The topological polar surface area (TPSA) is 72.6 Å². The molecule has 0 aliphatic heterocycles. The molecule has 4 nitrogen and oxygen atoms in total. The molecular weight excluding hydrogens is 254 g/mol. The Balaban J connectivity index is 2.46. The second-order valence-electron chi connectivity index (χ2n) is 4.32. The first-order valence-corrected chi connectivity index (χ1v) is 6.23. The smallest absolute Gasteiger partial charge is 0.303 e. The van der Waals surface area contributed by atoms with Crippen molar-refractivity contribution in [3.8, 4) is 5.75 Å². The summed E-state index contributed by atoms with van der Waals surface area (Å²) in [6.07, 6.45) is 0.607. The minimum atomic E-state index is -0.829. The highest BCUT2D eigenvalue weighted by atomic mass is 35.5. The molecule has 1 aromatic rings. The van der Waals surface area contributed by atoms with E-state index in [9.17, 15) is 4.79 Å². The van der Waals surface area contributed by atoms with E-state index in [4.69, 9.17) is 27.2 Å². The molecule has 5 heteroatoms. The molecule has 18 heavy (non-hydrogen) atoms. The van der Waals surface area contributed by atoms with Gasteiger partial charge in [0.15, 0.2) is 0 Å². The third-order valence-electron chi connectivity index (χ3n) is 2.61. The van der Waals surface area contributed by atoms with Gasteiger partial charge in [-0.25, -0.2) is 0 Å². The van der Waals surface area contributed by atoms with Crippen LogP contribution in [0.1, 0.15) is 19.8 Å². The quantitative estimate of drug-likeness (QED) is 0.799. The molecule has 0 saturated heterocycles. The van der Waals surface area contributed by atoms with E-state index in [0.29, 0.717) is 18.0 Å². The zero-order valence-electron chi connectivity index (χ0n) is 10.3. The van der Waals surface area contributed by atoms with Crippen LogP contribution in [0, 0.1) is 5.92 Å². The van der Waals surface area contributed by atoms with Crippen molar-refractivity contribution in [2.24, 2.45) is 11.7 Å². The van der Waals surface area contributed by atoms with Crippen LogP contribution in [0.3, 0.4) is 0 Å². The Hall–Kier alpha value is -1.26. The molecule has 0 radical (unpaired) electrons. The SMILES string of the molecule is CC(CC(CN)CC(=O)O)Oc1ccc(Cl)cc1. The van der Waals surface area contributed by atoms with Crippen LogP contribution in [-0.4, -0.2) is 23.7 Å². The van der Waals surface area contributed by atoms with Crippen LogP contribution in [0.2, 0.25) is 5.02 Å². The van der Waals surface area contributed by atoms with E-state index >= 15 is 0 Å². The van der Waals surface area contributed by atoms with Crippen molar-refractivity contribution in [3.05, 3.63) is 29.3 Å². The normalized spacial score (nSPS) is 13.9. The molecule has 0 bridgehead atoms. The molecule has 100 valence electrons. The highest BCUT2D eigenvalue weighted by Crippen LogP contribution is 2.19. The van der Waals surface area contributed by atoms with Crippen molar-refractivity contribution >= 4 is 17.6 Å². The fourth-order valence-electron chi connectivity index (χ4n) is 1.77. The van der Waals surface area contributed by atoms with Crippen LogP contribution in [0.15, 0.2) is 24.3 Å². The summed E-state index contributed by atoms with van der Waals surface area (Å²) in [5, 5.41) is 9.39. The summed E-state index contributed by atoms with van der Waals surface area (Å²) in [6.45, 7) is 2.25. The van der Waals surface area contributed by atoms with Gasteiger partial charge >= 0.3 is 5.97 Å². The Bertz CT molecular complexity index is 380. The predicted molar refractivity (Wildman–Crippen MR) is 71.0 cm³/mol. The summed E-state index contributed by atoms with van der Waals surface area (Å²) >= 11 is 5.77. The monoisotopic (exact) mass is 271 g/mol. The number of ether oxygens (including phenoxy) is 1. The van der Waals surface area contributed by atoms with E-state index in [1.54, 1.807) is 24.3 Å². The summed E-state index contributed by atoms with van der Waals surface area (Å²) < 4.78 is 5.68. The van der Waals surface area contributed by atoms with Crippen LogP contribution in [0.5, 0.6) is 5.75 Å². The van der Waals surface area contributed by atoms with Gasteiger partial charge in [-0.1, -0.05) is 11.6 Å². The molecule has 1 rings (SSSR count). The van der Waals surface area contributed by atoms with Gasteiger partial charge in [-0.05, 0) is 50.1 Å². The first-order chi connectivity index (χ1) is 8.51. The van der Waals surface area contributed by atoms with Crippen LogP contribution in [0.4, 0.5) is 0 Å². The molecular formula is C13H18ClNO3. The van der Waals surface area contributed by atoms with Crippen molar-refractivity contribution < 1.29 is 14.6 Å². The Morgan fingerprint density at radius 3 is 2.56 bits per heavy atom. The van der Waals surface area contributed by atoms with Gasteiger partial charge in [0.1, 0.15) is 5.75 Å². The van der Waals surface area contributed by atoms with Gasteiger partial charge in [-0.3, -0.25) is 4.79 Å². The van der Waals surface area contributed by atoms with Gasteiger partial charge in [0, 0.05) is 11.4 Å². The molecule has 2 atom stereocenters. The summed E-state index contributed by atoms with van der Waals surface area (Å²) in [5.41, 5.74) is 5.55. The van der Waals surface area contributed by atoms with Crippen molar-refractivity contribution in [3.63, 3.8) is 0 Å². The predicted octanol–water partition coefficient (Wildman–Crippen LogP) is 2.55. The van der Waals surface area contributed by atoms with Gasteiger partial charge in [0.2, 0.25) is 0 Å². The number of benzene rings is 1. The molecule has 0 aliphatic carbocycles. The summed E-state index contributed by atoms with van der Waals surface area (Å²) in [6, 6.07) is 7.07. The molecule has 0 spiro atoms. The van der Waals surface area contributed by atoms with Crippen LogP contribution in [-0.2, 0) is 4.79 Å². The molecule has 0 aliphatic rings. The summed E-state index contributed by atoms with van der Waals surface area (Å²) in [7, 11) is 0. The molecule has 1 aromatic carbocycles. The minimum Gasteiger partial charge on any atom is -0.491 e. The lowest BCUT2D eigenvalue weighted by Crippen LogP contribution is -2.24. The molecule has 0 aromatic heterocycles. The average molecular weight is 272 g/mol. The summed E-state index contributed by atoms with van der Waals surface area (Å²) in [4.78, 5) is 10.6. The third-order valence-corrected chi connectivity index (χ3v) is 2.86. The van der Waals surface area contributed by atoms with Crippen molar-refractivity contribution in [2.75, 3.05) is 6.54 Å². The minimum absolute atomic E-state index is 0.0650. The number of aliphatic carboxylic acids is 1. The Kier molecular flexibility index (Phi) is 5.95. The molecule has 0 amide bonds. The number of rotatable bonds is 7. The molecule has 2 unspecified atom stereocenters. The van der Waals surface area contributed by atoms with E-state index in [1.165, 1.54) is 0 Å². The molecule has 3 N–H and O–H groups in total. The fourth-order valence-corrected chi connectivity index (χ4v) is 1.90. The highest BCUT2D eigenvalue weighted by Gasteiger charge is 2.16. The fraction of sp³-hybridized carbons (Fsp3) is 0.462. The number of halogens is 1. The first kappa shape index (κ1) is 14.8. The maximum absolute atomic E-state index is 10.6. The maximum atomic E-state index is 10.6. The molecule has 0 saturated carbocycles. The number of carboxylic acid groups (broad SMARTS) is 1. The van der Waals surface area contributed by atoms with Gasteiger partial charge in [0.05, 0.1) is 6.10 Å². The first-order valence-electron chi connectivity index (χ1n) is 5.85. The number of hydrogen-bond donors (Lipinski definition) is 2. The van der Waals surface area contributed by atoms with Gasteiger partial charge < -0.3 is 15.6 Å². The van der Waals surface area contributed by atoms with E-state index in [1.807, 2.05) is 6.92 Å². The van der Waals surface area contributed by atoms with E-state index in [-0.39, 0.29) is 18.4 Å². The maximum Gasteiger partial charge on any atom is 0.303 e. The Morgan fingerprint density at radius 1 is 1.44 bits per heavy atom. The van der Waals surface area contributed by atoms with Crippen LogP contribution in [0.25, 0.3) is 0 Å². The molecule has 0 heterocycles. The highest BCUT2D eigenvalue weighted by molar-refractivity contribution is 6.30. The lowest BCUT2D eigenvalue weighted by atomic mass is 9.99. The van der Waals surface area contributed by atoms with E-state index in [2.05, 4.69) is 0 Å². The van der Waals surface area contributed by atoms with Crippen LogP contribution < -0.4 is 10.5 Å². The number of carboxylic acids is 1. The number of nitrogens with two attached hydrogens (primary N) is 1. The van der Waals surface area contributed by atoms with E-state index in [0.717, 1.165) is 5.75 Å². The third kappa shape index (κ3) is 5.38. The van der Waals surface area contributed by atoms with Gasteiger partial charge in [-0.2, -0.15) is 0 Å². The largest absolute Gasteiger partial charge is 0.491 e. The lowest BCUT2D eigenvalue weighted by molar-refractivity contribution is -0.138. The Morgan fingerprint density at radius 2 is 2.06 bits per heavy atom. The van der Waals surface area contributed by atoms with Gasteiger partial charge in [0.25, 0.3) is 0 Å². The standard InChI is InChI=1S/C13H18ClNO3/c1-9(6-10(8-15)7-13(16)17)18-12-4-2-11(14)3-5-12/h2-5,9-10H,6-8,15H2,1H3,(H,16,17). The number of carbonyl (C=O) groups is 1. The number of hydrogen-bond acceptors (Lipinski definition) is 3. The van der Waals surface area contributed by atoms with Crippen molar-refractivity contribution in [2.45, 2.75) is 25.9 Å². The van der Waals surface area contributed by atoms with Crippen molar-refractivity contribution in [1.29, 1.82) is 0 Å². The zero-order valence-corrected chi connectivity index (χ0v) is 11.1. The van der Waals surface area contributed by atoms with Crippen LogP contribution >= 0.6 is 11.6 Å². The van der Waals surface area contributed by atoms with E-state index < -0.39 is 5.97 Å². The van der Waals surface area contributed by atoms with Crippen molar-refractivity contribution in [1.82, 2.24) is 0 Å². The zero-order chi connectivity index (χ0) is 13.5. The average Bonchev–Trinajstić information content (AvgIpc) is 2.30. The lowest BCUT2D eigenvalue weighted by Gasteiger charge is -2.19. The summed E-state index contributed by atoms with van der Waals surface area (Å²) in [5.74, 6) is -0.174.